The molecule has 0 aliphatic rings. The zero-order valence-corrected chi connectivity index (χ0v) is 13.4. The molecule has 0 radical (unpaired) electrons. The van der Waals surface area contributed by atoms with Crippen LogP contribution in [0, 0.1) is 0 Å². The van der Waals surface area contributed by atoms with Crippen LogP contribution < -0.4 is 5.32 Å². The van der Waals surface area contributed by atoms with Gasteiger partial charge in [0.05, 0.1) is 22.8 Å². The van der Waals surface area contributed by atoms with E-state index in [4.69, 9.17) is 9.51 Å². The first-order chi connectivity index (χ1) is 11.8. The highest BCUT2D eigenvalue weighted by atomic mass is 16.5. The Hall–Kier alpha value is -2.92. The molecule has 0 aliphatic heterocycles. The minimum atomic E-state index is -0.0275. The number of nitrogens with zero attached hydrogens (tertiary/aromatic N) is 3. The highest BCUT2D eigenvalue weighted by Gasteiger charge is 2.20. The van der Waals surface area contributed by atoms with Gasteiger partial charge in [0, 0.05) is 19.7 Å². The summed E-state index contributed by atoms with van der Waals surface area (Å²) >= 11 is 0. The fourth-order valence-corrected chi connectivity index (χ4v) is 2.96. The van der Waals surface area contributed by atoms with E-state index in [1.54, 1.807) is 6.26 Å². The SMILES string of the molecule is Cn1c(C(NCc2ccon2)c2ccccc2)nc2ccccc21. The molecule has 120 valence electrons. The Labute approximate surface area is 139 Å². The summed E-state index contributed by atoms with van der Waals surface area (Å²) in [5, 5.41) is 7.53. The molecule has 0 saturated carbocycles. The van der Waals surface area contributed by atoms with Gasteiger partial charge in [0.15, 0.2) is 0 Å². The van der Waals surface area contributed by atoms with Crippen LogP contribution in [0.2, 0.25) is 0 Å². The van der Waals surface area contributed by atoms with Gasteiger partial charge in [-0.25, -0.2) is 4.98 Å². The van der Waals surface area contributed by atoms with Crippen molar-refractivity contribution in [1.82, 2.24) is 20.0 Å². The van der Waals surface area contributed by atoms with E-state index < -0.39 is 0 Å². The van der Waals surface area contributed by atoms with Gasteiger partial charge in [0.1, 0.15) is 12.1 Å². The van der Waals surface area contributed by atoms with Gasteiger partial charge in [-0.05, 0) is 17.7 Å². The highest BCUT2D eigenvalue weighted by molar-refractivity contribution is 5.76. The van der Waals surface area contributed by atoms with Crippen molar-refractivity contribution in [3.05, 3.63) is 84.0 Å². The monoisotopic (exact) mass is 318 g/mol. The largest absolute Gasteiger partial charge is 0.364 e. The minimum absolute atomic E-state index is 0.0275. The van der Waals surface area contributed by atoms with Gasteiger partial charge >= 0.3 is 0 Å². The summed E-state index contributed by atoms with van der Waals surface area (Å²) in [6.07, 6.45) is 1.59. The Kier molecular flexibility index (Phi) is 3.84. The summed E-state index contributed by atoms with van der Waals surface area (Å²) in [6.45, 7) is 0.610. The lowest BCUT2D eigenvalue weighted by Crippen LogP contribution is -2.25. The van der Waals surface area contributed by atoms with E-state index in [1.807, 2.05) is 42.5 Å². The summed E-state index contributed by atoms with van der Waals surface area (Å²) in [4.78, 5) is 4.85. The molecule has 4 rings (SSSR count). The average Bonchev–Trinajstić information content (AvgIpc) is 3.25. The topological polar surface area (TPSA) is 55.9 Å². The summed E-state index contributed by atoms with van der Waals surface area (Å²) in [5.74, 6) is 0.978. The Morgan fingerprint density at radius 2 is 1.83 bits per heavy atom. The van der Waals surface area contributed by atoms with E-state index >= 15 is 0 Å². The molecular formula is C19H18N4O. The average molecular weight is 318 g/mol. The van der Waals surface area contributed by atoms with Crippen LogP contribution in [-0.2, 0) is 13.6 Å². The zero-order valence-electron chi connectivity index (χ0n) is 13.4. The maximum Gasteiger partial charge on any atom is 0.131 e. The molecule has 0 fully saturated rings. The molecule has 5 heteroatoms. The van der Waals surface area contributed by atoms with Crippen LogP contribution in [0.15, 0.2) is 71.4 Å². The molecule has 0 aliphatic carbocycles. The molecule has 4 aromatic rings. The number of benzene rings is 2. The number of rotatable bonds is 5. The minimum Gasteiger partial charge on any atom is -0.364 e. The predicted octanol–water partition coefficient (Wildman–Crippen LogP) is 3.44. The van der Waals surface area contributed by atoms with E-state index in [2.05, 4.69) is 40.3 Å². The van der Waals surface area contributed by atoms with Crippen LogP contribution in [0.25, 0.3) is 11.0 Å². The molecule has 24 heavy (non-hydrogen) atoms. The van der Waals surface area contributed by atoms with E-state index in [0.717, 1.165) is 22.6 Å². The van der Waals surface area contributed by atoms with Crippen molar-refractivity contribution < 1.29 is 4.52 Å². The normalized spacial score (nSPS) is 12.5. The third-order valence-corrected chi connectivity index (χ3v) is 4.19. The molecule has 2 aromatic carbocycles. The number of aromatic nitrogens is 3. The molecule has 0 amide bonds. The van der Waals surface area contributed by atoms with Crippen LogP contribution in [0.1, 0.15) is 23.1 Å². The summed E-state index contributed by atoms with van der Waals surface area (Å²) < 4.78 is 7.06. The molecule has 2 aromatic heterocycles. The fourth-order valence-electron chi connectivity index (χ4n) is 2.96. The Bertz CT molecular complexity index is 929. The maximum atomic E-state index is 4.92. The summed E-state index contributed by atoms with van der Waals surface area (Å²) in [5.41, 5.74) is 4.16. The first-order valence-corrected chi connectivity index (χ1v) is 7.92. The van der Waals surface area contributed by atoms with Crippen molar-refractivity contribution in [2.45, 2.75) is 12.6 Å². The lowest BCUT2D eigenvalue weighted by Gasteiger charge is -2.18. The standard InChI is InChI=1S/C19H18N4O/c1-23-17-10-6-5-9-16(17)21-19(23)18(14-7-3-2-4-8-14)20-13-15-11-12-24-22-15/h2-12,18,20H,13H2,1H3. The number of imidazole rings is 1. The molecular weight excluding hydrogens is 300 g/mol. The van der Waals surface area contributed by atoms with Gasteiger partial charge in [0.2, 0.25) is 0 Å². The van der Waals surface area contributed by atoms with Gasteiger partial charge in [-0.2, -0.15) is 0 Å². The van der Waals surface area contributed by atoms with Crippen LogP contribution >= 0.6 is 0 Å². The van der Waals surface area contributed by atoms with Crippen molar-refractivity contribution in [3.8, 4) is 0 Å². The molecule has 1 N–H and O–H groups in total. The van der Waals surface area contributed by atoms with Crippen molar-refractivity contribution >= 4 is 11.0 Å². The number of para-hydroxylation sites is 2. The van der Waals surface area contributed by atoms with E-state index in [1.165, 1.54) is 5.56 Å². The first-order valence-electron chi connectivity index (χ1n) is 7.92. The molecule has 2 heterocycles. The molecule has 0 spiro atoms. The van der Waals surface area contributed by atoms with E-state index in [9.17, 15) is 0 Å². The van der Waals surface area contributed by atoms with Gasteiger partial charge in [-0.3, -0.25) is 5.32 Å². The van der Waals surface area contributed by atoms with Crippen molar-refractivity contribution in [1.29, 1.82) is 0 Å². The fraction of sp³-hybridized carbons (Fsp3) is 0.158. The summed E-state index contributed by atoms with van der Waals surface area (Å²) in [7, 11) is 2.05. The van der Waals surface area contributed by atoms with Crippen molar-refractivity contribution in [3.63, 3.8) is 0 Å². The lowest BCUT2D eigenvalue weighted by atomic mass is 10.1. The second-order valence-electron chi connectivity index (χ2n) is 5.73. The number of aryl methyl sites for hydroxylation is 1. The number of nitrogens with one attached hydrogen (secondary N) is 1. The van der Waals surface area contributed by atoms with Crippen molar-refractivity contribution in [2.24, 2.45) is 7.05 Å². The molecule has 1 atom stereocenters. The maximum absolute atomic E-state index is 4.92. The lowest BCUT2D eigenvalue weighted by molar-refractivity contribution is 0.406. The molecule has 0 bridgehead atoms. The van der Waals surface area contributed by atoms with Crippen molar-refractivity contribution in [2.75, 3.05) is 0 Å². The second-order valence-corrected chi connectivity index (χ2v) is 5.73. The third-order valence-electron chi connectivity index (χ3n) is 4.19. The molecule has 5 nitrogen and oxygen atoms in total. The molecule has 1 unspecified atom stereocenters. The smallest absolute Gasteiger partial charge is 0.131 e. The number of hydrogen-bond acceptors (Lipinski definition) is 4. The Morgan fingerprint density at radius 1 is 1.04 bits per heavy atom. The zero-order chi connectivity index (χ0) is 16.4. The predicted molar refractivity (Wildman–Crippen MR) is 92.3 cm³/mol. The van der Waals surface area contributed by atoms with Crippen LogP contribution in [-0.4, -0.2) is 14.7 Å². The van der Waals surface area contributed by atoms with Crippen LogP contribution in [0.3, 0.4) is 0 Å². The van der Waals surface area contributed by atoms with E-state index in [0.29, 0.717) is 6.54 Å². The van der Waals surface area contributed by atoms with E-state index in [-0.39, 0.29) is 6.04 Å². The van der Waals surface area contributed by atoms with Crippen LogP contribution in [0.5, 0.6) is 0 Å². The highest BCUT2D eigenvalue weighted by Crippen LogP contribution is 2.25. The molecule has 0 saturated heterocycles. The Morgan fingerprint density at radius 3 is 2.58 bits per heavy atom. The quantitative estimate of drug-likeness (QED) is 0.612. The van der Waals surface area contributed by atoms with Gasteiger partial charge < -0.3 is 9.09 Å². The third kappa shape index (κ3) is 2.70. The second kappa shape index (κ2) is 6.29. The van der Waals surface area contributed by atoms with Crippen LogP contribution in [0.4, 0.5) is 0 Å². The van der Waals surface area contributed by atoms with Gasteiger partial charge in [-0.15, -0.1) is 0 Å². The Balaban J connectivity index is 1.74. The number of hydrogen-bond donors (Lipinski definition) is 1. The van der Waals surface area contributed by atoms with Gasteiger partial charge in [0.25, 0.3) is 0 Å². The van der Waals surface area contributed by atoms with Gasteiger partial charge in [-0.1, -0.05) is 47.6 Å². The number of fused-ring (bicyclic) bond motifs is 1. The summed E-state index contributed by atoms with van der Waals surface area (Å²) in [6, 6.07) is 20.3. The first kappa shape index (κ1) is 14.7.